The second kappa shape index (κ2) is 16.1. The molecule has 196 valence electrons. The van der Waals surface area contributed by atoms with Crippen LogP contribution in [-0.4, -0.2) is 26.3 Å². The average molecular weight is 477 g/mol. The van der Waals surface area contributed by atoms with Crippen LogP contribution >= 0.6 is 0 Å². The van der Waals surface area contributed by atoms with Gasteiger partial charge in [0.05, 0.1) is 13.7 Å². The van der Waals surface area contributed by atoms with Crippen molar-refractivity contribution in [1.82, 2.24) is 0 Å². The monoisotopic (exact) mass is 476 g/mol. The number of ether oxygens (including phenoxy) is 3. The first-order valence-electron chi connectivity index (χ1n) is 13.6. The third-order valence-electron chi connectivity index (χ3n) is 7.19. The van der Waals surface area contributed by atoms with Crippen molar-refractivity contribution in [3.8, 4) is 11.5 Å². The molecule has 1 rings (SSSR count). The molecule has 0 spiro atoms. The Bertz CT molecular complexity index is 738. The highest BCUT2D eigenvalue weighted by molar-refractivity contribution is 5.71. The summed E-state index contributed by atoms with van der Waals surface area (Å²) in [6, 6.07) is 0. The van der Waals surface area contributed by atoms with Crippen LogP contribution in [0.1, 0.15) is 108 Å². The number of esters is 1. The van der Waals surface area contributed by atoms with Crippen LogP contribution in [-0.2, 0) is 16.0 Å². The number of rotatable bonds is 17. The van der Waals surface area contributed by atoms with Gasteiger partial charge in [0.25, 0.3) is 0 Å². The van der Waals surface area contributed by atoms with Crippen LogP contribution in [0.15, 0.2) is 0 Å². The van der Waals surface area contributed by atoms with Crippen LogP contribution in [0, 0.1) is 38.5 Å². The second-order valence-corrected chi connectivity index (χ2v) is 10.7. The molecule has 0 aromatic heterocycles. The normalized spacial score (nSPS) is 13.1. The molecule has 1 aromatic rings. The third-order valence-corrected chi connectivity index (χ3v) is 7.19. The van der Waals surface area contributed by atoms with Crippen LogP contribution in [0.25, 0.3) is 0 Å². The van der Waals surface area contributed by atoms with Gasteiger partial charge in [-0.05, 0) is 74.5 Å². The lowest BCUT2D eigenvalue weighted by molar-refractivity contribution is -0.142. The largest absolute Gasteiger partial charge is 0.493 e. The fourth-order valence-electron chi connectivity index (χ4n) is 4.77. The molecular formula is C30H52O4. The van der Waals surface area contributed by atoms with Gasteiger partial charge in [-0.2, -0.15) is 0 Å². The Hall–Kier alpha value is -1.71. The van der Waals surface area contributed by atoms with E-state index < -0.39 is 0 Å². The molecular weight excluding hydrogens is 424 g/mol. The van der Waals surface area contributed by atoms with Crippen molar-refractivity contribution in [2.24, 2.45) is 17.8 Å². The highest BCUT2D eigenvalue weighted by Gasteiger charge is 2.19. The van der Waals surface area contributed by atoms with Gasteiger partial charge < -0.3 is 14.2 Å². The molecule has 0 aliphatic rings. The minimum Gasteiger partial charge on any atom is -0.493 e. The van der Waals surface area contributed by atoms with E-state index in [-0.39, 0.29) is 12.6 Å². The molecule has 0 aliphatic heterocycles. The van der Waals surface area contributed by atoms with Crippen LogP contribution in [0.5, 0.6) is 11.5 Å². The molecule has 0 amide bonds. The van der Waals surface area contributed by atoms with Gasteiger partial charge >= 0.3 is 5.97 Å². The molecule has 0 bridgehead atoms. The van der Waals surface area contributed by atoms with Crippen molar-refractivity contribution in [2.45, 2.75) is 113 Å². The molecule has 4 nitrogen and oxygen atoms in total. The van der Waals surface area contributed by atoms with E-state index in [0.29, 0.717) is 0 Å². The number of carbonyl (C=O) groups excluding carboxylic acids is 1. The minimum atomic E-state index is -0.371. The Balaban J connectivity index is 2.51. The molecule has 4 heteroatoms. The van der Waals surface area contributed by atoms with Gasteiger partial charge in [-0.25, -0.2) is 4.79 Å². The molecule has 0 N–H and O–H groups in total. The Morgan fingerprint density at radius 1 is 0.735 bits per heavy atom. The summed E-state index contributed by atoms with van der Waals surface area (Å²) in [4.78, 5) is 11.5. The number of methoxy groups -OCH3 is 1. The molecule has 0 saturated heterocycles. The highest BCUT2D eigenvalue weighted by atomic mass is 16.6. The Labute approximate surface area is 210 Å². The first-order chi connectivity index (χ1) is 16.1. The van der Waals surface area contributed by atoms with Crippen LogP contribution in [0.4, 0.5) is 0 Å². The molecule has 2 atom stereocenters. The molecule has 1 aromatic carbocycles. The zero-order valence-corrected chi connectivity index (χ0v) is 23.6. The first-order valence-corrected chi connectivity index (χ1v) is 13.6. The maximum absolute atomic E-state index is 11.5. The second-order valence-electron chi connectivity index (χ2n) is 10.7. The van der Waals surface area contributed by atoms with E-state index >= 15 is 0 Å². The Morgan fingerprint density at radius 3 is 1.79 bits per heavy atom. The highest BCUT2D eigenvalue weighted by Crippen LogP contribution is 2.38. The van der Waals surface area contributed by atoms with E-state index in [2.05, 4.69) is 48.5 Å². The molecule has 0 heterocycles. The first kappa shape index (κ1) is 30.3. The minimum absolute atomic E-state index is 0.0738. The van der Waals surface area contributed by atoms with Crippen LogP contribution < -0.4 is 9.47 Å². The quantitative estimate of drug-likeness (QED) is 0.168. The van der Waals surface area contributed by atoms with Crippen molar-refractivity contribution in [2.75, 3.05) is 20.3 Å². The van der Waals surface area contributed by atoms with Crippen molar-refractivity contribution in [1.29, 1.82) is 0 Å². The van der Waals surface area contributed by atoms with E-state index in [0.717, 1.165) is 65.4 Å². The smallest absolute Gasteiger partial charge is 0.343 e. The molecule has 0 saturated carbocycles. The fraction of sp³-hybridized carbons (Fsp3) is 0.767. The molecule has 34 heavy (non-hydrogen) atoms. The fourth-order valence-corrected chi connectivity index (χ4v) is 4.77. The number of hydrogen-bond acceptors (Lipinski definition) is 4. The lowest BCUT2D eigenvalue weighted by Crippen LogP contribution is -2.15. The Morgan fingerprint density at radius 2 is 1.26 bits per heavy atom. The lowest BCUT2D eigenvalue weighted by Gasteiger charge is -2.22. The van der Waals surface area contributed by atoms with Crippen molar-refractivity contribution >= 4 is 5.97 Å². The van der Waals surface area contributed by atoms with Crippen LogP contribution in [0.2, 0.25) is 0 Å². The lowest BCUT2D eigenvalue weighted by atomic mass is 9.92. The number of hydrogen-bond donors (Lipinski definition) is 0. The number of benzene rings is 1. The summed E-state index contributed by atoms with van der Waals surface area (Å²) >= 11 is 0. The SMILES string of the molecule is CCc1c(C)c(OCC(=O)OC)c(C)c(C)c1OCCC[C@H](C)CCC[C@H](C)CCCC(C)C. The maximum Gasteiger partial charge on any atom is 0.343 e. The van der Waals surface area contributed by atoms with E-state index in [1.165, 1.54) is 57.6 Å². The summed E-state index contributed by atoms with van der Waals surface area (Å²) in [6.45, 7) is 18.4. The van der Waals surface area contributed by atoms with Gasteiger partial charge in [-0.1, -0.05) is 73.1 Å². The predicted molar refractivity (Wildman–Crippen MR) is 143 cm³/mol. The molecule has 0 radical (unpaired) electrons. The van der Waals surface area contributed by atoms with Gasteiger partial charge in [0.15, 0.2) is 6.61 Å². The summed E-state index contributed by atoms with van der Waals surface area (Å²) in [5, 5.41) is 0. The van der Waals surface area contributed by atoms with E-state index in [9.17, 15) is 4.79 Å². The maximum atomic E-state index is 11.5. The van der Waals surface area contributed by atoms with Crippen molar-refractivity contribution < 1.29 is 19.0 Å². The predicted octanol–water partition coefficient (Wildman–Crippen LogP) is 8.15. The van der Waals surface area contributed by atoms with Gasteiger partial charge in [-0.3, -0.25) is 0 Å². The topological polar surface area (TPSA) is 44.8 Å². The molecule has 0 unspecified atom stereocenters. The summed E-state index contributed by atoms with van der Waals surface area (Å²) in [6.07, 6.45) is 11.3. The summed E-state index contributed by atoms with van der Waals surface area (Å²) in [5.74, 6) is 3.83. The third kappa shape index (κ3) is 10.3. The van der Waals surface area contributed by atoms with E-state index in [1.807, 2.05) is 6.92 Å². The Kier molecular flexibility index (Phi) is 14.3. The summed E-state index contributed by atoms with van der Waals surface area (Å²) < 4.78 is 16.9. The van der Waals surface area contributed by atoms with Gasteiger partial charge in [-0.15, -0.1) is 0 Å². The summed E-state index contributed by atoms with van der Waals surface area (Å²) in [7, 11) is 1.38. The standard InChI is InChI=1S/C30H52O4/c1-10-27-26(8)29(34-20-28(31)32-9)24(6)25(7)30(27)33-19-13-18-23(5)17-12-16-22(4)15-11-14-21(2)3/h21-23H,10-20H2,1-9H3/t22-,23-/m1/s1. The van der Waals surface area contributed by atoms with E-state index in [4.69, 9.17) is 14.2 Å². The van der Waals surface area contributed by atoms with Crippen LogP contribution in [0.3, 0.4) is 0 Å². The van der Waals surface area contributed by atoms with E-state index in [1.54, 1.807) is 0 Å². The molecule has 0 fully saturated rings. The van der Waals surface area contributed by atoms with Gasteiger partial charge in [0.1, 0.15) is 11.5 Å². The zero-order chi connectivity index (χ0) is 25.7. The molecule has 0 aliphatic carbocycles. The van der Waals surface area contributed by atoms with Gasteiger partial charge in [0.2, 0.25) is 0 Å². The van der Waals surface area contributed by atoms with Gasteiger partial charge in [0, 0.05) is 5.56 Å². The number of carbonyl (C=O) groups is 1. The van der Waals surface area contributed by atoms with Crippen molar-refractivity contribution in [3.63, 3.8) is 0 Å². The summed E-state index contributed by atoms with van der Waals surface area (Å²) in [5.41, 5.74) is 4.36. The average Bonchev–Trinajstić information content (AvgIpc) is 2.79. The zero-order valence-electron chi connectivity index (χ0n) is 23.6. The van der Waals surface area contributed by atoms with Crippen molar-refractivity contribution in [3.05, 3.63) is 22.3 Å².